The Morgan fingerprint density at radius 3 is 2.83 bits per heavy atom. The first kappa shape index (κ1) is 12.5. The van der Waals surface area contributed by atoms with E-state index in [0.717, 1.165) is 6.42 Å². The lowest BCUT2D eigenvalue weighted by molar-refractivity contribution is -0.385. The Balaban J connectivity index is 2.39. The third-order valence-electron chi connectivity index (χ3n) is 2.90. The predicted octanol–water partition coefficient (Wildman–Crippen LogP) is 0.866. The van der Waals surface area contributed by atoms with Gasteiger partial charge in [-0.1, -0.05) is 0 Å². The number of nitrogens with one attached hydrogen (secondary N) is 1. The molecule has 0 saturated carbocycles. The fourth-order valence-electron chi connectivity index (χ4n) is 1.95. The van der Waals surface area contributed by atoms with Crippen LogP contribution in [0.5, 0.6) is 0 Å². The molecule has 98 valence electrons. The second-order valence-corrected chi connectivity index (χ2v) is 4.61. The third kappa shape index (κ3) is 2.33. The van der Waals surface area contributed by atoms with E-state index < -0.39 is 4.92 Å². The van der Waals surface area contributed by atoms with Gasteiger partial charge < -0.3 is 15.8 Å². The quantitative estimate of drug-likeness (QED) is 0.606. The Bertz CT molecular complexity index is 485. The van der Waals surface area contributed by atoms with Gasteiger partial charge in [0, 0.05) is 6.61 Å². The van der Waals surface area contributed by atoms with E-state index in [2.05, 4.69) is 15.3 Å². The van der Waals surface area contributed by atoms with Crippen LogP contribution in [-0.4, -0.2) is 33.6 Å². The highest BCUT2D eigenvalue weighted by Gasteiger charge is 2.33. The van der Waals surface area contributed by atoms with Crippen LogP contribution in [0.2, 0.25) is 0 Å². The molecule has 0 radical (unpaired) electrons. The van der Waals surface area contributed by atoms with Crippen molar-refractivity contribution in [2.24, 2.45) is 0 Å². The highest BCUT2D eigenvalue weighted by molar-refractivity contribution is 5.61. The van der Waals surface area contributed by atoms with Crippen molar-refractivity contribution in [3.05, 3.63) is 15.8 Å². The number of nitrogens with two attached hydrogens (primary N) is 1. The van der Waals surface area contributed by atoms with E-state index in [1.165, 1.54) is 6.92 Å². The number of aryl methyl sites for hydroxylation is 1. The number of nitrogens with zero attached hydrogens (tertiary/aromatic N) is 3. The van der Waals surface area contributed by atoms with E-state index in [1.54, 1.807) is 0 Å². The molecular weight excluding hydrogens is 238 g/mol. The van der Waals surface area contributed by atoms with E-state index in [1.807, 2.05) is 6.92 Å². The molecule has 1 fully saturated rings. The molecule has 1 atom stereocenters. The molecule has 0 aliphatic carbocycles. The Morgan fingerprint density at radius 2 is 2.28 bits per heavy atom. The number of hydrogen-bond donors (Lipinski definition) is 2. The summed E-state index contributed by atoms with van der Waals surface area (Å²) in [7, 11) is 0. The fourth-order valence-corrected chi connectivity index (χ4v) is 1.95. The standard InChI is InChI=1S/C10H15N5O3/c1-6-7(15(16)17)8(13-9(11)12-6)14-10(2)3-4-18-5-10/h3-5H2,1-2H3,(H3,11,12,13,14). The largest absolute Gasteiger partial charge is 0.379 e. The Labute approximate surface area is 104 Å². The molecule has 1 aliphatic rings. The number of nitro groups is 1. The van der Waals surface area contributed by atoms with Crippen molar-refractivity contribution in [1.29, 1.82) is 0 Å². The summed E-state index contributed by atoms with van der Waals surface area (Å²) in [6.45, 7) is 4.57. The molecular formula is C10H15N5O3. The van der Waals surface area contributed by atoms with Crippen LogP contribution in [0.15, 0.2) is 0 Å². The van der Waals surface area contributed by atoms with Crippen LogP contribution in [0.3, 0.4) is 0 Å². The summed E-state index contributed by atoms with van der Waals surface area (Å²) in [5.74, 6) is 0.168. The van der Waals surface area contributed by atoms with Gasteiger partial charge in [0.05, 0.1) is 17.1 Å². The van der Waals surface area contributed by atoms with Crippen LogP contribution in [0.1, 0.15) is 19.0 Å². The molecule has 1 unspecified atom stereocenters. The molecule has 1 aromatic heterocycles. The van der Waals surface area contributed by atoms with Gasteiger partial charge in [0.1, 0.15) is 5.69 Å². The van der Waals surface area contributed by atoms with E-state index in [0.29, 0.717) is 13.2 Å². The summed E-state index contributed by atoms with van der Waals surface area (Å²) in [6, 6.07) is 0. The van der Waals surface area contributed by atoms with Gasteiger partial charge in [-0.3, -0.25) is 10.1 Å². The Morgan fingerprint density at radius 1 is 1.56 bits per heavy atom. The maximum atomic E-state index is 11.0. The normalized spacial score (nSPS) is 23.0. The van der Waals surface area contributed by atoms with Gasteiger partial charge in [0.2, 0.25) is 11.8 Å². The monoisotopic (exact) mass is 253 g/mol. The number of nitrogen functional groups attached to an aromatic ring is 1. The van der Waals surface area contributed by atoms with Crippen LogP contribution >= 0.6 is 0 Å². The van der Waals surface area contributed by atoms with Crippen molar-refractivity contribution in [2.75, 3.05) is 24.3 Å². The zero-order valence-electron chi connectivity index (χ0n) is 10.3. The molecule has 2 heterocycles. The lowest BCUT2D eigenvalue weighted by Crippen LogP contribution is -2.35. The molecule has 8 nitrogen and oxygen atoms in total. The molecule has 18 heavy (non-hydrogen) atoms. The lowest BCUT2D eigenvalue weighted by atomic mass is 10.0. The summed E-state index contributed by atoms with van der Waals surface area (Å²) in [6.07, 6.45) is 0.757. The van der Waals surface area contributed by atoms with Gasteiger partial charge >= 0.3 is 5.69 Å². The first-order valence-corrected chi connectivity index (χ1v) is 5.56. The fraction of sp³-hybridized carbons (Fsp3) is 0.600. The van der Waals surface area contributed by atoms with Gasteiger partial charge in [-0.05, 0) is 20.3 Å². The average molecular weight is 253 g/mol. The Kier molecular flexibility index (Phi) is 3.04. The minimum Gasteiger partial charge on any atom is -0.379 e. The van der Waals surface area contributed by atoms with Crippen molar-refractivity contribution in [1.82, 2.24) is 9.97 Å². The van der Waals surface area contributed by atoms with Crippen LogP contribution in [-0.2, 0) is 4.74 Å². The molecule has 0 spiro atoms. The smallest absolute Gasteiger partial charge is 0.332 e. The van der Waals surface area contributed by atoms with Crippen LogP contribution in [0.25, 0.3) is 0 Å². The molecule has 0 amide bonds. The maximum absolute atomic E-state index is 11.0. The molecule has 8 heteroatoms. The van der Waals surface area contributed by atoms with Crippen LogP contribution < -0.4 is 11.1 Å². The molecule has 0 bridgehead atoms. The number of aromatic nitrogens is 2. The molecule has 0 aromatic carbocycles. The summed E-state index contributed by atoms with van der Waals surface area (Å²) >= 11 is 0. The molecule has 2 rings (SSSR count). The van der Waals surface area contributed by atoms with Crippen molar-refractivity contribution < 1.29 is 9.66 Å². The topological polar surface area (TPSA) is 116 Å². The van der Waals surface area contributed by atoms with Gasteiger partial charge in [-0.25, -0.2) is 4.98 Å². The zero-order valence-corrected chi connectivity index (χ0v) is 10.3. The van der Waals surface area contributed by atoms with E-state index in [-0.39, 0.29) is 28.7 Å². The number of rotatable bonds is 3. The highest BCUT2D eigenvalue weighted by atomic mass is 16.6. The number of anilines is 2. The summed E-state index contributed by atoms with van der Waals surface area (Å²) < 4.78 is 5.29. The zero-order chi connectivity index (χ0) is 13.3. The predicted molar refractivity (Wildman–Crippen MR) is 65.3 cm³/mol. The average Bonchev–Trinajstić information content (AvgIpc) is 2.62. The van der Waals surface area contributed by atoms with Crippen LogP contribution in [0, 0.1) is 17.0 Å². The minimum atomic E-state index is -0.504. The van der Waals surface area contributed by atoms with Gasteiger partial charge in [0.15, 0.2) is 0 Å². The van der Waals surface area contributed by atoms with Crippen LogP contribution in [0.4, 0.5) is 17.5 Å². The first-order valence-electron chi connectivity index (χ1n) is 5.56. The summed E-state index contributed by atoms with van der Waals surface area (Å²) in [5, 5.41) is 14.1. The first-order chi connectivity index (χ1) is 8.41. The minimum absolute atomic E-state index is 0.0168. The van der Waals surface area contributed by atoms with E-state index >= 15 is 0 Å². The third-order valence-corrected chi connectivity index (χ3v) is 2.90. The van der Waals surface area contributed by atoms with Gasteiger partial charge in [-0.2, -0.15) is 4.98 Å². The van der Waals surface area contributed by atoms with Crippen molar-refractivity contribution in [3.63, 3.8) is 0 Å². The van der Waals surface area contributed by atoms with Crippen molar-refractivity contribution >= 4 is 17.5 Å². The van der Waals surface area contributed by atoms with E-state index in [9.17, 15) is 10.1 Å². The van der Waals surface area contributed by atoms with E-state index in [4.69, 9.17) is 10.5 Å². The molecule has 3 N–H and O–H groups in total. The van der Waals surface area contributed by atoms with Gasteiger partial charge in [-0.15, -0.1) is 0 Å². The molecule has 1 aromatic rings. The van der Waals surface area contributed by atoms with Gasteiger partial charge in [0.25, 0.3) is 0 Å². The summed E-state index contributed by atoms with van der Waals surface area (Å²) in [5.41, 5.74) is 5.27. The maximum Gasteiger partial charge on any atom is 0.332 e. The summed E-state index contributed by atoms with van der Waals surface area (Å²) in [4.78, 5) is 18.3. The van der Waals surface area contributed by atoms with Crippen molar-refractivity contribution in [2.45, 2.75) is 25.8 Å². The van der Waals surface area contributed by atoms with Crippen molar-refractivity contribution in [3.8, 4) is 0 Å². The number of ether oxygens (including phenoxy) is 1. The molecule has 1 saturated heterocycles. The second kappa shape index (κ2) is 4.37. The highest BCUT2D eigenvalue weighted by Crippen LogP contribution is 2.30. The molecule has 1 aliphatic heterocycles. The second-order valence-electron chi connectivity index (χ2n) is 4.61. The Hall–Kier alpha value is -1.96. The number of hydrogen-bond acceptors (Lipinski definition) is 7. The SMILES string of the molecule is Cc1nc(N)nc(NC2(C)CCOC2)c1[N+](=O)[O-]. The lowest BCUT2D eigenvalue weighted by Gasteiger charge is -2.24.